The molecule has 0 radical (unpaired) electrons. The largest absolute Gasteiger partial charge is 0.466 e. The summed E-state index contributed by atoms with van der Waals surface area (Å²) < 4.78 is 6.13. The fourth-order valence-electron chi connectivity index (χ4n) is 1.59. The molecule has 2 aromatic rings. The van der Waals surface area contributed by atoms with Crippen LogP contribution in [0.2, 0.25) is 0 Å². The Balaban J connectivity index is 1.85. The highest BCUT2D eigenvalue weighted by molar-refractivity contribution is 5.69. The summed E-state index contributed by atoms with van der Waals surface area (Å²) in [6, 6.07) is 1.66. The van der Waals surface area contributed by atoms with E-state index >= 15 is 0 Å². The lowest BCUT2D eigenvalue weighted by atomic mass is 10.3. The number of ether oxygens (including phenoxy) is 1. The summed E-state index contributed by atoms with van der Waals surface area (Å²) in [4.78, 5) is 26.4. The number of aromatic nitrogens is 4. The topological polar surface area (TPSA) is 101 Å². The monoisotopic (exact) mass is 265 g/mol. The van der Waals surface area contributed by atoms with Crippen LogP contribution in [0.3, 0.4) is 0 Å². The van der Waals surface area contributed by atoms with E-state index in [1.165, 1.54) is 10.7 Å². The van der Waals surface area contributed by atoms with Crippen LogP contribution in [0.5, 0.6) is 0 Å². The Kier molecular flexibility index (Phi) is 4.11. The van der Waals surface area contributed by atoms with Crippen molar-refractivity contribution < 1.29 is 9.53 Å². The molecule has 0 spiro atoms. The molecule has 0 aliphatic carbocycles. The zero-order chi connectivity index (χ0) is 13.7. The molecule has 0 aliphatic heterocycles. The van der Waals surface area contributed by atoms with Crippen molar-refractivity contribution in [1.82, 2.24) is 19.6 Å². The van der Waals surface area contributed by atoms with Gasteiger partial charge in [0.25, 0.3) is 0 Å². The Bertz CT molecular complexity index is 618. The van der Waals surface area contributed by atoms with E-state index in [0.717, 1.165) is 0 Å². The van der Waals surface area contributed by atoms with Crippen molar-refractivity contribution in [3.05, 3.63) is 22.9 Å². The van der Waals surface area contributed by atoms with E-state index in [1.54, 1.807) is 13.0 Å². The molecule has 0 aliphatic rings. The van der Waals surface area contributed by atoms with Crippen LogP contribution in [0.25, 0.3) is 5.65 Å². The van der Waals surface area contributed by atoms with Gasteiger partial charge in [-0.05, 0) is 13.3 Å². The van der Waals surface area contributed by atoms with Gasteiger partial charge >= 0.3 is 11.7 Å². The van der Waals surface area contributed by atoms with Gasteiger partial charge in [0.2, 0.25) is 0 Å². The molecule has 2 heterocycles. The van der Waals surface area contributed by atoms with Crippen LogP contribution in [-0.2, 0) is 9.53 Å². The molecule has 0 atom stereocenters. The first-order valence-electron chi connectivity index (χ1n) is 6.03. The predicted molar refractivity (Wildman–Crippen MR) is 68.0 cm³/mol. The number of aromatic amines is 1. The van der Waals surface area contributed by atoms with Gasteiger partial charge in [0.15, 0.2) is 5.65 Å². The lowest BCUT2D eigenvalue weighted by molar-refractivity contribution is -0.143. The normalized spacial score (nSPS) is 10.6. The number of anilines is 1. The lowest BCUT2D eigenvalue weighted by Gasteiger charge is -2.05. The molecule has 0 saturated heterocycles. The summed E-state index contributed by atoms with van der Waals surface area (Å²) in [5.74, 6) is 0.405. The van der Waals surface area contributed by atoms with Gasteiger partial charge in [-0.3, -0.25) is 4.79 Å². The number of esters is 1. The van der Waals surface area contributed by atoms with E-state index < -0.39 is 0 Å². The van der Waals surface area contributed by atoms with Gasteiger partial charge in [0.1, 0.15) is 12.1 Å². The molecule has 0 amide bonds. The van der Waals surface area contributed by atoms with E-state index in [4.69, 9.17) is 4.74 Å². The zero-order valence-electron chi connectivity index (χ0n) is 10.5. The molecular formula is C11H15N5O3. The van der Waals surface area contributed by atoms with Crippen molar-refractivity contribution in [2.24, 2.45) is 0 Å². The maximum Gasteiger partial charge on any atom is 0.348 e. The van der Waals surface area contributed by atoms with Crippen LogP contribution in [0.4, 0.5) is 5.82 Å². The molecule has 8 heteroatoms. The molecule has 0 fully saturated rings. The van der Waals surface area contributed by atoms with Crippen molar-refractivity contribution in [3.8, 4) is 0 Å². The number of carbonyl (C=O) groups is 1. The third-order valence-corrected chi connectivity index (χ3v) is 2.48. The van der Waals surface area contributed by atoms with Gasteiger partial charge in [-0.2, -0.15) is 5.10 Å². The molecular weight excluding hydrogens is 250 g/mol. The number of rotatable bonds is 6. The molecule has 0 saturated carbocycles. The van der Waals surface area contributed by atoms with Crippen LogP contribution < -0.4 is 11.0 Å². The smallest absolute Gasteiger partial charge is 0.348 e. The number of carbonyl (C=O) groups excluding carboxylic acids is 1. The van der Waals surface area contributed by atoms with Crippen molar-refractivity contribution in [3.63, 3.8) is 0 Å². The van der Waals surface area contributed by atoms with E-state index in [1.807, 2.05) is 0 Å². The first-order valence-corrected chi connectivity index (χ1v) is 6.03. The van der Waals surface area contributed by atoms with Crippen LogP contribution in [0.15, 0.2) is 17.2 Å². The molecule has 2 N–H and O–H groups in total. The van der Waals surface area contributed by atoms with Gasteiger partial charge < -0.3 is 10.1 Å². The SMILES string of the molecule is CCOC(=O)CCCNc1cc2n[nH]c(=O)n2cn1. The molecule has 0 bridgehead atoms. The summed E-state index contributed by atoms with van der Waals surface area (Å²) >= 11 is 0. The Morgan fingerprint density at radius 1 is 1.58 bits per heavy atom. The minimum atomic E-state index is -0.323. The standard InChI is InChI=1S/C11H15N5O3/c1-2-19-10(17)4-3-5-12-8-6-9-14-15-11(18)16(9)7-13-8/h6-7,12H,2-5H2,1H3,(H,15,18). The second-order valence-electron chi connectivity index (χ2n) is 3.87. The summed E-state index contributed by atoms with van der Waals surface area (Å²) in [5, 5.41) is 9.21. The predicted octanol–water partition coefficient (Wildman–Crippen LogP) is 0.173. The number of nitrogens with zero attached hydrogens (tertiary/aromatic N) is 3. The number of H-pyrrole nitrogens is 1. The molecule has 8 nitrogen and oxygen atoms in total. The van der Waals surface area contributed by atoms with Crippen LogP contribution in [0, 0.1) is 0 Å². The van der Waals surface area contributed by atoms with Crippen LogP contribution in [0.1, 0.15) is 19.8 Å². The van der Waals surface area contributed by atoms with E-state index in [-0.39, 0.29) is 11.7 Å². The molecule has 2 aromatic heterocycles. The molecule has 0 aromatic carbocycles. The molecule has 102 valence electrons. The fraction of sp³-hybridized carbons (Fsp3) is 0.455. The minimum Gasteiger partial charge on any atom is -0.466 e. The minimum absolute atomic E-state index is 0.202. The average Bonchev–Trinajstić information content (AvgIpc) is 2.76. The second kappa shape index (κ2) is 5.98. The molecule has 0 unspecified atom stereocenters. The third kappa shape index (κ3) is 3.30. The first-order chi connectivity index (χ1) is 9.20. The summed E-state index contributed by atoms with van der Waals surface area (Å²) in [6.07, 6.45) is 2.42. The molecule has 19 heavy (non-hydrogen) atoms. The van der Waals surface area contributed by atoms with Crippen LogP contribution in [-0.4, -0.2) is 38.7 Å². The van der Waals surface area contributed by atoms with Crippen LogP contribution >= 0.6 is 0 Å². The Morgan fingerprint density at radius 2 is 2.42 bits per heavy atom. The Labute approximate surface area is 108 Å². The van der Waals surface area contributed by atoms with Crippen molar-refractivity contribution in [2.75, 3.05) is 18.5 Å². The number of nitrogens with one attached hydrogen (secondary N) is 2. The maximum absolute atomic E-state index is 11.2. The van der Waals surface area contributed by atoms with E-state index in [2.05, 4.69) is 20.5 Å². The fourth-order valence-corrected chi connectivity index (χ4v) is 1.59. The highest BCUT2D eigenvalue weighted by Crippen LogP contribution is 2.04. The summed E-state index contributed by atoms with van der Waals surface area (Å²) in [7, 11) is 0. The van der Waals surface area contributed by atoms with E-state index in [0.29, 0.717) is 37.5 Å². The first kappa shape index (κ1) is 13.1. The number of hydrogen-bond acceptors (Lipinski definition) is 6. The Morgan fingerprint density at radius 3 is 3.21 bits per heavy atom. The van der Waals surface area contributed by atoms with Crippen molar-refractivity contribution in [2.45, 2.75) is 19.8 Å². The average molecular weight is 265 g/mol. The van der Waals surface area contributed by atoms with Gasteiger partial charge in [0, 0.05) is 19.0 Å². The Hall–Kier alpha value is -2.38. The van der Waals surface area contributed by atoms with Crippen molar-refractivity contribution in [1.29, 1.82) is 0 Å². The summed E-state index contributed by atoms with van der Waals surface area (Å²) in [6.45, 7) is 2.77. The van der Waals surface area contributed by atoms with E-state index in [9.17, 15) is 9.59 Å². The highest BCUT2D eigenvalue weighted by Gasteiger charge is 2.03. The lowest BCUT2D eigenvalue weighted by Crippen LogP contribution is -2.11. The van der Waals surface area contributed by atoms with Gasteiger partial charge in [0.05, 0.1) is 6.61 Å². The van der Waals surface area contributed by atoms with Crippen molar-refractivity contribution >= 4 is 17.4 Å². The van der Waals surface area contributed by atoms with Gasteiger partial charge in [-0.15, -0.1) is 0 Å². The van der Waals surface area contributed by atoms with Gasteiger partial charge in [-0.1, -0.05) is 0 Å². The number of fused-ring (bicyclic) bond motifs is 1. The number of hydrogen-bond donors (Lipinski definition) is 2. The second-order valence-corrected chi connectivity index (χ2v) is 3.87. The molecule has 2 rings (SSSR count). The van der Waals surface area contributed by atoms with Gasteiger partial charge in [-0.25, -0.2) is 19.3 Å². The summed E-state index contributed by atoms with van der Waals surface area (Å²) in [5.41, 5.74) is 0.171. The highest BCUT2D eigenvalue weighted by atomic mass is 16.5. The third-order valence-electron chi connectivity index (χ3n) is 2.48. The zero-order valence-corrected chi connectivity index (χ0v) is 10.5. The maximum atomic E-state index is 11.2. The quantitative estimate of drug-likeness (QED) is 0.570.